The number of thiol groups is 1. The van der Waals surface area contributed by atoms with Crippen molar-refractivity contribution in [2.75, 3.05) is 5.75 Å². The number of rotatable bonds is 14. The molecule has 9 nitrogen and oxygen atoms in total. The summed E-state index contributed by atoms with van der Waals surface area (Å²) in [6, 6.07) is 14.1. The molecule has 0 heterocycles. The standard InChI is InChI=1S/C27H36N4O5S/c1-17(2)13-20(28)24(32)29-21(14-18-9-5-3-6-10-18)25(33)30-22(15-19-11-7-4-8-12-19)26(34)31-23(16-37)27(35)36/h3-12,17,20-23,37H,13-16,28H2,1-2H3,(H,29,32)(H,30,33)(H,31,34)(H,35,36). The molecule has 0 saturated carbocycles. The second-order valence-electron chi connectivity index (χ2n) is 9.32. The lowest BCUT2D eigenvalue weighted by molar-refractivity contribution is -0.141. The second kappa shape index (κ2) is 15.0. The van der Waals surface area contributed by atoms with Gasteiger partial charge in [-0.3, -0.25) is 14.4 Å². The zero-order valence-electron chi connectivity index (χ0n) is 21.1. The summed E-state index contributed by atoms with van der Waals surface area (Å²) < 4.78 is 0. The number of carboxylic acid groups (broad SMARTS) is 1. The molecular formula is C27H36N4O5S. The van der Waals surface area contributed by atoms with Gasteiger partial charge in [-0.2, -0.15) is 12.6 Å². The highest BCUT2D eigenvalue weighted by Crippen LogP contribution is 2.09. The maximum Gasteiger partial charge on any atom is 0.327 e. The van der Waals surface area contributed by atoms with Crippen molar-refractivity contribution in [2.24, 2.45) is 11.7 Å². The molecule has 37 heavy (non-hydrogen) atoms. The number of carbonyl (C=O) groups is 4. The molecule has 6 N–H and O–H groups in total. The van der Waals surface area contributed by atoms with Gasteiger partial charge in [-0.15, -0.1) is 0 Å². The van der Waals surface area contributed by atoms with E-state index in [9.17, 15) is 24.3 Å². The second-order valence-corrected chi connectivity index (χ2v) is 9.68. The van der Waals surface area contributed by atoms with Crippen LogP contribution in [0.5, 0.6) is 0 Å². The van der Waals surface area contributed by atoms with E-state index in [4.69, 9.17) is 5.73 Å². The molecule has 2 rings (SSSR count). The van der Waals surface area contributed by atoms with Gasteiger partial charge in [0.2, 0.25) is 17.7 Å². The minimum atomic E-state index is -1.23. The first-order valence-corrected chi connectivity index (χ1v) is 12.8. The number of carbonyl (C=O) groups excluding carboxylic acids is 3. The van der Waals surface area contributed by atoms with Crippen LogP contribution in [0.2, 0.25) is 0 Å². The van der Waals surface area contributed by atoms with Crippen molar-refractivity contribution < 1.29 is 24.3 Å². The highest BCUT2D eigenvalue weighted by Gasteiger charge is 2.30. The molecule has 0 aliphatic carbocycles. The lowest BCUT2D eigenvalue weighted by atomic mass is 10.0. The van der Waals surface area contributed by atoms with E-state index >= 15 is 0 Å². The van der Waals surface area contributed by atoms with Crippen LogP contribution in [0.1, 0.15) is 31.4 Å². The minimum Gasteiger partial charge on any atom is -0.480 e. The molecule has 0 spiro atoms. The summed E-state index contributed by atoms with van der Waals surface area (Å²) in [5.74, 6) is -2.87. The molecule has 0 aromatic heterocycles. The van der Waals surface area contributed by atoms with Crippen molar-refractivity contribution >= 4 is 36.3 Å². The van der Waals surface area contributed by atoms with Gasteiger partial charge in [-0.05, 0) is 23.5 Å². The normalized spacial score (nSPS) is 14.2. The molecule has 4 atom stereocenters. The highest BCUT2D eigenvalue weighted by atomic mass is 32.1. The molecule has 0 aliphatic rings. The van der Waals surface area contributed by atoms with E-state index in [1.807, 2.05) is 50.2 Å². The molecule has 0 fully saturated rings. The topological polar surface area (TPSA) is 151 Å². The predicted molar refractivity (Wildman–Crippen MR) is 145 cm³/mol. The van der Waals surface area contributed by atoms with Crippen LogP contribution in [0.15, 0.2) is 60.7 Å². The quantitative estimate of drug-likeness (QED) is 0.204. The number of hydrogen-bond donors (Lipinski definition) is 6. The Morgan fingerprint density at radius 2 is 1.16 bits per heavy atom. The van der Waals surface area contributed by atoms with Crippen LogP contribution in [0.4, 0.5) is 0 Å². The molecule has 2 aromatic rings. The van der Waals surface area contributed by atoms with Gasteiger partial charge < -0.3 is 26.8 Å². The van der Waals surface area contributed by atoms with Gasteiger partial charge in [0.25, 0.3) is 0 Å². The molecule has 200 valence electrons. The Kier molecular flexibility index (Phi) is 12.1. The molecule has 2 aromatic carbocycles. The number of carboxylic acids is 1. The van der Waals surface area contributed by atoms with E-state index in [-0.39, 0.29) is 24.5 Å². The number of hydrogen-bond acceptors (Lipinski definition) is 6. The van der Waals surface area contributed by atoms with Gasteiger partial charge in [0.1, 0.15) is 18.1 Å². The van der Waals surface area contributed by atoms with Gasteiger partial charge in [-0.25, -0.2) is 4.79 Å². The number of nitrogens with two attached hydrogens (primary N) is 1. The SMILES string of the molecule is CC(C)CC(N)C(=O)NC(Cc1ccccc1)C(=O)NC(Cc1ccccc1)C(=O)NC(CS)C(=O)O. The summed E-state index contributed by atoms with van der Waals surface area (Å²) in [6.07, 6.45) is 0.752. The summed E-state index contributed by atoms with van der Waals surface area (Å²) in [5, 5.41) is 17.2. The number of amides is 3. The van der Waals surface area contributed by atoms with E-state index in [1.54, 1.807) is 24.3 Å². The lowest BCUT2D eigenvalue weighted by Crippen LogP contribution is -2.58. The van der Waals surface area contributed by atoms with Crippen LogP contribution in [0.25, 0.3) is 0 Å². The smallest absolute Gasteiger partial charge is 0.327 e. The molecule has 0 saturated heterocycles. The third-order valence-corrected chi connectivity index (χ3v) is 6.06. The Labute approximate surface area is 223 Å². The fraction of sp³-hybridized carbons (Fsp3) is 0.407. The van der Waals surface area contributed by atoms with E-state index in [2.05, 4.69) is 28.6 Å². The maximum absolute atomic E-state index is 13.4. The summed E-state index contributed by atoms with van der Waals surface area (Å²) >= 11 is 3.99. The van der Waals surface area contributed by atoms with Gasteiger partial charge in [-0.1, -0.05) is 74.5 Å². The zero-order valence-corrected chi connectivity index (χ0v) is 22.0. The third-order valence-electron chi connectivity index (χ3n) is 5.69. The predicted octanol–water partition coefficient (Wildman–Crippen LogP) is 1.31. The van der Waals surface area contributed by atoms with Crippen molar-refractivity contribution in [1.82, 2.24) is 16.0 Å². The van der Waals surface area contributed by atoms with Gasteiger partial charge in [0.15, 0.2) is 0 Å². The maximum atomic E-state index is 13.4. The third kappa shape index (κ3) is 10.3. The van der Waals surface area contributed by atoms with E-state index in [0.717, 1.165) is 11.1 Å². The van der Waals surface area contributed by atoms with Gasteiger partial charge >= 0.3 is 5.97 Å². The number of benzene rings is 2. The molecule has 0 bridgehead atoms. The van der Waals surface area contributed by atoms with Crippen molar-refractivity contribution in [3.63, 3.8) is 0 Å². The van der Waals surface area contributed by atoms with E-state index < -0.39 is 47.9 Å². The first-order chi connectivity index (χ1) is 17.6. The fourth-order valence-corrected chi connectivity index (χ4v) is 3.99. The highest BCUT2D eigenvalue weighted by molar-refractivity contribution is 7.80. The lowest BCUT2D eigenvalue weighted by Gasteiger charge is -2.25. The van der Waals surface area contributed by atoms with E-state index in [1.165, 1.54) is 0 Å². The molecular weight excluding hydrogens is 492 g/mol. The van der Waals surface area contributed by atoms with Crippen LogP contribution in [0, 0.1) is 5.92 Å². The van der Waals surface area contributed by atoms with Crippen molar-refractivity contribution in [2.45, 2.75) is 57.3 Å². The Balaban J connectivity index is 2.27. The first-order valence-electron chi connectivity index (χ1n) is 12.2. The monoisotopic (exact) mass is 528 g/mol. The van der Waals surface area contributed by atoms with Crippen LogP contribution in [0.3, 0.4) is 0 Å². The summed E-state index contributed by atoms with van der Waals surface area (Å²) in [4.78, 5) is 50.7. The van der Waals surface area contributed by atoms with Gasteiger partial charge in [0, 0.05) is 18.6 Å². The number of aliphatic carboxylic acids is 1. The van der Waals surface area contributed by atoms with Crippen LogP contribution >= 0.6 is 12.6 Å². The molecule has 0 aliphatic heterocycles. The number of nitrogens with one attached hydrogen (secondary N) is 3. The fourth-order valence-electron chi connectivity index (χ4n) is 3.74. The Morgan fingerprint density at radius 3 is 1.54 bits per heavy atom. The minimum absolute atomic E-state index is 0.118. The van der Waals surface area contributed by atoms with Crippen molar-refractivity contribution in [3.05, 3.63) is 71.8 Å². The van der Waals surface area contributed by atoms with Gasteiger partial charge in [0.05, 0.1) is 6.04 Å². The zero-order chi connectivity index (χ0) is 27.4. The molecule has 3 amide bonds. The van der Waals surface area contributed by atoms with E-state index in [0.29, 0.717) is 6.42 Å². The largest absolute Gasteiger partial charge is 0.480 e. The van der Waals surface area contributed by atoms with Crippen molar-refractivity contribution in [3.8, 4) is 0 Å². The Hall–Kier alpha value is -3.37. The Bertz CT molecular complexity index is 1040. The van der Waals surface area contributed by atoms with Crippen LogP contribution in [-0.2, 0) is 32.0 Å². The Morgan fingerprint density at radius 1 is 0.757 bits per heavy atom. The van der Waals surface area contributed by atoms with Crippen LogP contribution in [-0.4, -0.2) is 58.7 Å². The average molecular weight is 529 g/mol. The first kappa shape index (κ1) is 29.9. The summed E-state index contributed by atoms with van der Waals surface area (Å²) in [7, 11) is 0. The molecule has 0 radical (unpaired) electrons. The van der Waals surface area contributed by atoms with Crippen molar-refractivity contribution in [1.29, 1.82) is 0 Å². The summed E-state index contributed by atoms with van der Waals surface area (Å²) in [5.41, 5.74) is 7.62. The molecule has 10 heteroatoms. The van der Waals surface area contributed by atoms with Crippen LogP contribution < -0.4 is 21.7 Å². The average Bonchev–Trinajstić information content (AvgIpc) is 2.86. The summed E-state index contributed by atoms with van der Waals surface area (Å²) in [6.45, 7) is 3.90. The molecule has 4 unspecified atom stereocenters.